The molecule has 21 heavy (non-hydrogen) atoms. The number of phenolic OH excluding ortho intramolecular Hbond substituents is 3. The van der Waals surface area contributed by atoms with Crippen molar-refractivity contribution in [2.75, 3.05) is 7.11 Å². The summed E-state index contributed by atoms with van der Waals surface area (Å²) in [5.74, 6) is -0.733. The van der Waals surface area contributed by atoms with Gasteiger partial charge < -0.3 is 20.1 Å². The first-order valence-corrected chi connectivity index (χ1v) is 6.12. The van der Waals surface area contributed by atoms with Crippen molar-refractivity contribution < 1.29 is 24.9 Å². The number of benzene rings is 2. The van der Waals surface area contributed by atoms with Gasteiger partial charge in [0.1, 0.15) is 11.5 Å². The summed E-state index contributed by atoms with van der Waals surface area (Å²) in [4.78, 5) is 12.0. The van der Waals surface area contributed by atoms with Crippen LogP contribution >= 0.6 is 0 Å². The van der Waals surface area contributed by atoms with Crippen LogP contribution in [0.5, 0.6) is 23.0 Å². The molecular weight excluding hydrogens is 272 g/mol. The van der Waals surface area contributed by atoms with E-state index in [-0.39, 0.29) is 28.6 Å². The van der Waals surface area contributed by atoms with Crippen LogP contribution in [0.4, 0.5) is 0 Å². The van der Waals surface area contributed by atoms with Crippen LogP contribution in [0, 0.1) is 0 Å². The minimum absolute atomic E-state index is 0.0247. The average Bonchev–Trinajstić information content (AvgIpc) is 2.48. The molecule has 0 aliphatic heterocycles. The smallest absolute Gasteiger partial charge is 0.189 e. The largest absolute Gasteiger partial charge is 0.508 e. The van der Waals surface area contributed by atoms with Crippen molar-refractivity contribution in [2.24, 2.45) is 0 Å². The Labute approximate surface area is 121 Å². The maximum atomic E-state index is 12.0. The molecule has 0 bridgehead atoms. The Morgan fingerprint density at radius 3 is 2.33 bits per heavy atom. The predicted molar refractivity (Wildman–Crippen MR) is 77.8 cm³/mol. The number of phenols is 3. The number of ether oxygens (including phenoxy) is 1. The summed E-state index contributed by atoms with van der Waals surface area (Å²) < 4.78 is 4.84. The number of hydrogen-bond donors (Lipinski definition) is 3. The van der Waals surface area contributed by atoms with Gasteiger partial charge in [0.05, 0.1) is 12.7 Å². The highest BCUT2D eigenvalue weighted by Crippen LogP contribution is 2.33. The van der Waals surface area contributed by atoms with Crippen molar-refractivity contribution >= 4 is 11.9 Å². The molecule has 0 unspecified atom stereocenters. The Kier molecular flexibility index (Phi) is 4.13. The monoisotopic (exact) mass is 286 g/mol. The summed E-state index contributed by atoms with van der Waals surface area (Å²) in [6, 6.07) is 8.62. The molecule has 108 valence electrons. The van der Waals surface area contributed by atoms with Crippen LogP contribution in [0.1, 0.15) is 15.9 Å². The van der Waals surface area contributed by atoms with Crippen molar-refractivity contribution in [3.63, 3.8) is 0 Å². The highest BCUT2D eigenvalue weighted by molar-refractivity contribution is 6.09. The van der Waals surface area contributed by atoms with Gasteiger partial charge in [-0.15, -0.1) is 0 Å². The van der Waals surface area contributed by atoms with Gasteiger partial charge in [-0.1, -0.05) is 18.2 Å². The highest BCUT2D eigenvalue weighted by Gasteiger charge is 2.13. The minimum atomic E-state index is -0.460. The molecule has 2 rings (SSSR count). The van der Waals surface area contributed by atoms with Crippen molar-refractivity contribution in [3.8, 4) is 23.0 Å². The number of rotatable bonds is 4. The highest BCUT2D eigenvalue weighted by atomic mass is 16.5. The lowest BCUT2D eigenvalue weighted by atomic mass is 10.1. The van der Waals surface area contributed by atoms with E-state index in [4.69, 9.17) is 9.84 Å². The molecule has 5 nitrogen and oxygen atoms in total. The molecule has 0 heterocycles. The third-order valence-corrected chi connectivity index (χ3v) is 2.88. The second-order valence-electron chi connectivity index (χ2n) is 4.33. The topological polar surface area (TPSA) is 87.0 Å². The normalized spacial score (nSPS) is 10.7. The SMILES string of the molecule is COc1cc(O)c(C(=O)C=Cc2ccc(O)cc2)cc1O. The summed E-state index contributed by atoms with van der Waals surface area (Å²) in [6.45, 7) is 0. The summed E-state index contributed by atoms with van der Waals surface area (Å²) in [6.07, 6.45) is 2.82. The molecule has 0 aromatic heterocycles. The second kappa shape index (κ2) is 6.00. The molecule has 0 amide bonds. The first-order chi connectivity index (χ1) is 10.0. The van der Waals surface area contributed by atoms with E-state index < -0.39 is 5.78 Å². The molecule has 0 fully saturated rings. The maximum Gasteiger partial charge on any atom is 0.189 e. The zero-order chi connectivity index (χ0) is 15.4. The number of methoxy groups -OCH3 is 1. The van der Waals surface area contributed by atoms with Gasteiger partial charge >= 0.3 is 0 Å². The predicted octanol–water partition coefficient (Wildman–Crippen LogP) is 2.71. The van der Waals surface area contributed by atoms with E-state index in [1.165, 1.54) is 31.4 Å². The second-order valence-corrected chi connectivity index (χ2v) is 4.33. The molecule has 0 aliphatic carbocycles. The van der Waals surface area contributed by atoms with Gasteiger partial charge in [0.15, 0.2) is 17.3 Å². The first-order valence-electron chi connectivity index (χ1n) is 6.12. The Morgan fingerprint density at radius 2 is 1.71 bits per heavy atom. The Hall–Kier alpha value is -2.95. The van der Waals surface area contributed by atoms with E-state index in [2.05, 4.69) is 0 Å². The summed E-state index contributed by atoms with van der Waals surface area (Å²) >= 11 is 0. The fourth-order valence-electron chi connectivity index (χ4n) is 1.77. The van der Waals surface area contributed by atoms with Gasteiger partial charge in [0, 0.05) is 6.07 Å². The van der Waals surface area contributed by atoms with Gasteiger partial charge in [-0.25, -0.2) is 0 Å². The third kappa shape index (κ3) is 3.33. The lowest BCUT2D eigenvalue weighted by Gasteiger charge is -2.06. The number of ketones is 1. The lowest BCUT2D eigenvalue weighted by Crippen LogP contribution is -1.96. The molecule has 0 spiro atoms. The van der Waals surface area contributed by atoms with Crippen molar-refractivity contribution in [2.45, 2.75) is 0 Å². The number of aromatic hydroxyl groups is 3. The molecule has 3 N–H and O–H groups in total. The third-order valence-electron chi connectivity index (χ3n) is 2.88. The fourth-order valence-corrected chi connectivity index (χ4v) is 1.77. The van der Waals surface area contributed by atoms with Crippen LogP contribution in [0.3, 0.4) is 0 Å². The van der Waals surface area contributed by atoms with Crippen molar-refractivity contribution in [1.82, 2.24) is 0 Å². The van der Waals surface area contributed by atoms with Crippen LogP contribution in [-0.2, 0) is 0 Å². The molecule has 0 saturated heterocycles. The number of allylic oxidation sites excluding steroid dienone is 1. The van der Waals surface area contributed by atoms with Gasteiger partial charge in [-0.3, -0.25) is 4.79 Å². The van der Waals surface area contributed by atoms with Crippen molar-refractivity contribution in [1.29, 1.82) is 0 Å². The van der Waals surface area contributed by atoms with E-state index in [9.17, 15) is 15.0 Å². The summed E-state index contributed by atoms with van der Waals surface area (Å²) in [5.41, 5.74) is 0.696. The van der Waals surface area contributed by atoms with E-state index in [1.807, 2.05) is 0 Å². The maximum absolute atomic E-state index is 12.0. The standard InChI is InChI=1S/C16H14O5/c1-21-16-9-14(19)12(8-15(16)20)13(18)7-4-10-2-5-11(17)6-3-10/h2-9,17,19-20H,1H3. The molecule has 0 atom stereocenters. The quantitative estimate of drug-likeness (QED) is 0.457. The van der Waals surface area contributed by atoms with Crippen LogP contribution < -0.4 is 4.74 Å². The Balaban J connectivity index is 2.24. The lowest BCUT2D eigenvalue weighted by molar-refractivity contribution is 0.104. The van der Waals surface area contributed by atoms with E-state index in [0.717, 1.165) is 11.6 Å². The van der Waals surface area contributed by atoms with Gasteiger partial charge in [-0.2, -0.15) is 0 Å². The van der Waals surface area contributed by atoms with Crippen LogP contribution in [0.15, 0.2) is 42.5 Å². The van der Waals surface area contributed by atoms with Crippen molar-refractivity contribution in [3.05, 3.63) is 53.6 Å². The summed E-state index contributed by atoms with van der Waals surface area (Å²) in [7, 11) is 1.35. The minimum Gasteiger partial charge on any atom is -0.508 e. The molecular formula is C16H14O5. The molecule has 0 saturated carbocycles. The van der Waals surface area contributed by atoms with Crippen LogP contribution in [0.2, 0.25) is 0 Å². The number of carbonyl (C=O) groups excluding carboxylic acids is 1. The zero-order valence-corrected chi connectivity index (χ0v) is 11.3. The van der Waals surface area contributed by atoms with Gasteiger partial charge in [0.2, 0.25) is 0 Å². The van der Waals surface area contributed by atoms with Gasteiger partial charge in [0.25, 0.3) is 0 Å². The molecule has 0 aliphatic rings. The molecule has 0 radical (unpaired) electrons. The van der Waals surface area contributed by atoms with E-state index in [0.29, 0.717) is 0 Å². The fraction of sp³-hybridized carbons (Fsp3) is 0.0625. The van der Waals surface area contributed by atoms with Crippen LogP contribution in [0.25, 0.3) is 6.08 Å². The number of hydrogen-bond acceptors (Lipinski definition) is 5. The molecule has 2 aromatic carbocycles. The van der Waals surface area contributed by atoms with E-state index in [1.54, 1.807) is 18.2 Å². The number of carbonyl (C=O) groups is 1. The Morgan fingerprint density at radius 1 is 1.05 bits per heavy atom. The Bertz CT molecular complexity index is 687. The molecule has 5 heteroatoms. The van der Waals surface area contributed by atoms with Crippen LogP contribution in [-0.4, -0.2) is 28.2 Å². The van der Waals surface area contributed by atoms with E-state index >= 15 is 0 Å². The zero-order valence-electron chi connectivity index (χ0n) is 11.3. The van der Waals surface area contributed by atoms with Gasteiger partial charge in [-0.05, 0) is 29.8 Å². The first kappa shape index (κ1) is 14.5. The molecule has 2 aromatic rings. The average molecular weight is 286 g/mol. The summed E-state index contributed by atoms with van der Waals surface area (Å²) in [5, 5.41) is 28.6.